The first kappa shape index (κ1) is 15.1. The second-order valence-electron chi connectivity index (χ2n) is 4.19. The molecule has 1 N–H and O–H groups in total. The lowest BCUT2D eigenvalue weighted by molar-refractivity contribution is -0.150. The lowest BCUT2D eigenvalue weighted by Crippen LogP contribution is -2.56. The van der Waals surface area contributed by atoms with Crippen LogP contribution in [0.15, 0.2) is 5.11 Å². The van der Waals surface area contributed by atoms with Crippen LogP contribution in [-0.4, -0.2) is 42.7 Å². The van der Waals surface area contributed by atoms with Gasteiger partial charge in [-0.15, -0.1) is 0 Å². The first-order valence-corrected chi connectivity index (χ1v) is 7.41. The van der Waals surface area contributed by atoms with Crippen molar-refractivity contribution >= 4 is 17.7 Å². The molecule has 0 radical (unpaired) electrons. The van der Waals surface area contributed by atoms with Crippen LogP contribution in [0.3, 0.4) is 0 Å². The van der Waals surface area contributed by atoms with Crippen LogP contribution in [-0.2, 0) is 9.53 Å². The second kappa shape index (κ2) is 8.24. The first-order valence-electron chi connectivity index (χ1n) is 6.26. The minimum atomic E-state index is -0.546. The van der Waals surface area contributed by atoms with Gasteiger partial charge < -0.3 is 10.1 Å². The van der Waals surface area contributed by atoms with Crippen LogP contribution in [0.2, 0.25) is 0 Å². The highest BCUT2D eigenvalue weighted by Crippen LogP contribution is 2.28. The monoisotopic (exact) mass is 272 g/mol. The summed E-state index contributed by atoms with van der Waals surface area (Å²) < 4.78 is 5.17. The molecule has 0 saturated carbocycles. The van der Waals surface area contributed by atoms with Gasteiger partial charge in [-0.3, -0.25) is 4.79 Å². The van der Waals surface area contributed by atoms with Gasteiger partial charge in [0.25, 0.3) is 0 Å². The first-order chi connectivity index (χ1) is 8.75. The summed E-state index contributed by atoms with van der Waals surface area (Å²) in [5, 5.41) is 6.78. The Bertz CT molecular complexity index is 312. The van der Waals surface area contributed by atoms with E-state index in [-0.39, 0.29) is 5.97 Å². The molecule has 102 valence electrons. The maximum absolute atomic E-state index is 12.1. The zero-order valence-corrected chi connectivity index (χ0v) is 11.5. The molecule has 0 amide bonds. The van der Waals surface area contributed by atoms with Gasteiger partial charge in [0.05, 0.1) is 6.61 Å². The van der Waals surface area contributed by atoms with E-state index in [1.54, 1.807) is 11.8 Å². The Hall–Kier alpha value is -0.910. The summed E-state index contributed by atoms with van der Waals surface area (Å²) in [5.74, 6) is 1.70. The van der Waals surface area contributed by atoms with Crippen molar-refractivity contribution in [2.45, 2.75) is 31.7 Å². The summed E-state index contributed by atoms with van der Waals surface area (Å²) in [6.07, 6.45) is 2.57. The van der Waals surface area contributed by atoms with Crippen molar-refractivity contribution in [3.05, 3.63) is 10.4 Å². The minimum absolute atomic E-state index is 0.152. The van der Waals surface area contributed by atoms with Crippen molar-refractivity contribution in [3.8, 4) is 0 Å². The maximum atomic E-state index is 12.1. The molecular weight excluding hydrogens is 252 g/mol. The van der Waals surface area contributed by atoms with Crippen LogP contribution in [0.4, 0.5) is 0 Å². The molecule has 1 atom stereocenters. The van der Waals surface area contributed by atoms with Crippen LogP contribution in [0.25, 0.3) is 10.4 Å². The molecule has 0 spiro atoms. The van der Waals surface area contributed by atoms with E-state index >= 15 is 0 Å². The molecule has 0 bridgehead atoms. The molecule has 0 aromatic heterocycles. The number of rotatable bonds is 7. The normalized spacial score (nSPS) is 23.2. The fourth-order valence-corrected chi connectivity index (χ4v) is 3.16. The van der Waals surface area contributed by atoms with Gasteiger partial charge in [-0.25, -0.2) is 0 Å². The summed E-state index contributed by atoms with van der Waals surface area (Å²) in [7, 11) is 0. The number of esters is 1. The van der Waals surface area contributed by atoms with E-state index in [1.165, 1.54) is 0 Å². The van der Waals surface area contributed by atoms with Crippen molar-refractivity contribution in [1.82, 2.24) is 5.32 Å². The highest BCUT2D eigenvalue weighted by molar-refractivity contribution is 7.99. The number of hydrogen-bond donors (Lipinski definition) is 1. The highest BCUT2D eigenvalue weighted by Gasteiger charge is 2.40. The molecule has 1 saturated heterocycles. The summed E-state index contributed by atoms with van der Waals surface area (Å²) in [5.41, 5.74) is 7.64. The number of thioether (sulfide) groups is 1. The molecule has 1 heterocycles. The van der Waals surface area contributed by atoms with Crippen molar-refractivity contribution in [2.24, 2.45) is 5.11 Å². The topological polar surface area (TPSA) is 87.1 Å². The van der Waals surface area contributed by atoms with Crippen molar-refractivity contribution in [1.29, 1.82) is 0 Å². The van der Waals surface area contributed by atoms with E-state index in [0.29, 0.717) is 19.7 Å². The number of carbonyl (C=O) groups is 1. The van der Waals surface area contributed by atoms with E-state index in [4.69, 9.17) is 10.3 Å². The van der Waals surface area contributed by atoms with Gasteiger partial charge in [0.2, 0.25) is 0 Å². The molecule has 1 aliphatic heterocycles. The molecule has 1 aliphatic rings. The number of azide groups is 1. The van der Waals surface area contributed by atoms with Crippen LogP contribution in [0.1, 0.15) is 26.2 Å². The molecule has 0 aromatic rings. The van der Waals surface area contributed by atoms with E-state index in [1.807, 2.05) is 6.92 Å². The van der Waals surface area contributed by atoms with Gasteiger partial charge in [0.1, 0.15) is 5.54 Å². The number of ether oxygens (including phenoxy) is 1. The molecule has 0 aliphatic carbocycles. The number of hydrogen-bond acceptors (Lipinski definition) is 5. The Kier molecular flexibility index (Phi) is 6.93. The fraction of sp³-hybridized carbons (Fsp3) is 0.909. The third kappa shape index (κ3) is 4.40. The Morgan fingerprint density at radius 1 is 1.67 bits per heavy atom. The Balaban J connectivity index is 2.49. The minimum Gasteiger partial charge on any atom is -0.465 e. The fourth-order valence-electron chi connectivity index (χ4n) is 1.96. The van der Waals surface area contributed by atoms with Gasteiger partial charge in [-0.2, -0.15) is 11.8 Å². The van der Waals surface area contributed by atoms with Crippen molar-refractivity contribution in [2.75, 3.05) is 31.2 Å². The summed E-state index contributed by atoms with van der Waals surface area (Å²) >= 11 is 1.78. The molecule has 1 unspecified atom stereocenters. The van der Waals surface area contributed by atoms with E-state index in [9.17, 15) is 4.79 Å². The molecule has 6 nitrogen and oxygen atoms in total. The average Bonchev–Trinajstić information content (AvgIpc) is 2.40. The Morgan fingerprint density at radius 3 is 3.11 bits per heavy atom. The van der Waals surface area contributed by atoms with Crippen LogP contribution >= 0.6 is 11.8 Å². The largest absolute Gasteiger partial charge is 0.465 e. The number of nitrogens with zero attached hydrogens (tertiary/aromatic N) is 3. The molecule has 18 heavy (non-hydrogen) atoms. The predicted molar refractivity (Wildman–Crippen MR) is 72.6 cm³/mol. The molecule has 7 heteroatoms. The second-order valence-corrected chi connectivity index (χ2v) is 5.30. The molecule has 1 rings (SSSR count). The van der Waals surface area contributed by atoms with Crippen molar-refractivity contribution < 1.29 is 9.53 Å². The van der Waals surface area contributed by atoms with Crippen LogP contribution < -0.4 is 5.32 Å². The SMILES string of the molecule is CCOC(=O)C1(NCCCN=[N+]=[N-])CCCSC1. The maximum Gasteiger partial charge on any atom is 0.327 e. The zero-order valence-electron chi connectivity index (χ0n) is 10.7. The lowest BCUT2D eigenvalue weighted by atomic mass is 9.95. The van der Waals surface area contributed by atoms with Crippen molar-refractivity contribution in [3.63, 3.8) is 0 Å². The van der Waals surface area contributed by atoms with E-state index in [0.717, 1.165) is 30.8 Å². The Morgan fingerprint density at radius 2 is 2.50 bits per heavy atom. The summed E-state index contributed by atoms with van der Waals surface area (Å²) in [6.45, 7) is 3.35. The van der Waals surface area contributed by atoms with Gasteiger partial charge in [-0.1, -0.05) is 5.11 Å². The quantitative estimate of drug-likeness (QED) is 0.253. The Labute approximate surface area is 111 Å². The van der Waals surface area contributed by atoms with Gasteiger partial charge in [-0.05, 0) is 44.0 Å². The average molecular weight is 272 g/mol. The van der Waals surface area contributed by atoms with Gasteiger partial charge in [0.15, 0.2) is 0 Å². The van der Waals surface area contributed by atoms with Crippen LogP contribution in [0.5, 0.6) is 0 Å². The van der Waals surface area contributed by atoms with E-state index < -0.39 is 5.54 Å². The predicted octanol–water partition coefficient (Wildman–Crippen LogP) is 2.11. The smallest absolute Gasteiger partial charge is 0.327 e. The standard InChI is InChI=1S/C11H20N4O2S/c1-2-17-10(16)11(5-3-8-18-9-11)13-6-4-7-14-15-12/h13H,2-9H2,1H3. The third-order valence-electron chi connectivity index (χ3n) is 2.87. The van der Waals surface area contributed by atoms with Gasteiger partial charge in [0, 0.05) is 17.2 Å². The van der Waals surface area contributed by atoms with Gasteiger partial charge >= 0.3 is 5.97 Å². The third-order valence-corrected chi connectivity index (χ3v) is 4.14. The molecule has 1 fully saturated rings. The highest BCUT2D eigenvalue weighted by atomic mass is 32.2. The number of carbonyl (C=O) groups excluding carboxylic acids is 1. The zero-order chi connectivity index (χ0) is 13.3. The molecule has 0 aromatic carbocycles. The molecular formula is C11H20N4O2S. The number of nitrogens with one attached hydrogen (secondary N) is 1. The van der Waals surface area contributed by atoms with Crippen LogP contribution in [0, 0.1) is 0 Å². The summed E-state index contributed by atoms with van der Waals surface area (Å²) in [4.78, 5) is 14.8. The van der Waals surface area contributed by atoms with E-state index in [2.05, 4.69) is 15.3 Å². The summed E-state index contributed by atoms with van der Waals surface area (Å²) in [6, 6.07) is 0. The lowest BCUT2D eigenvalue weighted by Gasteiger charge is -2.35.